The summed E-state index contributed by atoms with van der Waals surface area (Å²) in [4.78, 5) is 0. The van der Waals surface area contributed by atoms with Crippen LogP contribution in [0.4, 0.5) is 0 Å². The van der Waals surface area contributed by atoms with Gasteiger partial charge in [0.2, 0.25) is 0 Å². The van der Waals surface area contributed by atoms with E-state index >= 15 is 0 Å². The monoisotopic (exact) mass is 160 g/mol. The van der Waals surface area contributed by atoms with Crippen LogP contribution in [-0.4, -0.2) is 23.4 Å². The van der Waals surface area contributed by atoms with Crippen molar-refractivity contribution in [2.45, 2.75) is 39.5 Å². The van der Waals surface area contributed by atoms with Crippen LogP contribution in [0.25, 0.3) is 0 Å². The number of rotatable bonds is 4. The van der Waals surface area contributed by atoms with Gasteiger partial charge in [-0.15, -0.1) is 0 Å². The van der Waals surface area contributed by atoms with Crippen molar-refractivity contribution < 1.29 is 5.11 Å². The minimum absolute atomic E-state index is 0.336. The fraction of sp³-hybridized carbons (Fsp3) is 1.00. The van der Waals surface area contributed by atoms with Crippen molar-refractivity contribution >= 4 is 0 Å². The summed E-state index contributed by atoms with van der Waals surface area (Å²) in [5.41, 5.74) is 5.51. The van der Waals surface area contributed by atoms with Crippen molar-refractivity contribution in [2.24, 2.45) is 11.7 Å². The van der Waals surface area contributed by atoms with Gasteiger partial charge in [0.1, 0.15) is 0 Å². The van der Waals surface area contributed by atoms with E-state index in [4.69, 9.17) is 10.8 Å². The lowest BCUT2D eigenvalue weighted by Gasteiger charge is -2.31. The molecule has 0 saturated heterocycles. The second kappa shape index (κ2) is 4.04. The quantitative estimate of drug-likeness (QED) is 0.518. The lowest BCUT2D eigenvalue weighted by molar-refractivity contribution is 0.161. The Kier molecular flexibility index (Phi) is 4.00. The van der Waals surface area contributed by atoms with E-state index < -0.39 is 0 Å². The molecule has 0 aliphatic rings. The molecule has 2 atom stereocenters. The third kappa shape index (κ3) is 4.35. The van der Waals surface area contributed by atoms with Crippen LogP contribution in [0, 0.1) is 5.92 Å². The molecular formula is C8H20N2O. The molecule has 0 amide bonds. The predicted octanol–water partition coefficient (Wildman–Crippen LogP) is 0.288. The van der Waals surface area contributed by atoms with Crippen LogP contribution < -0.4 is 11.1 Å². The molecule has 0 bridgehead atoms. The zero-order valence-electron chi connectivity index (χ0n) is 7.89. The van der Waals surface area contributed by atoms with E-state index in [0.717, 1.165) is 0 Å². The van der Waals surface area contributed by atoms with Crippen molar-refractivity contribution in [3.05, 3.63) is 0 Å². The lowest BCUT2D eigenvalue weighted by Crippen LogP contribution is -2.56. The molecule has 0 heterocycles. The first-order valence-corrected chi connectivity index (χ1v) is 4.08. The highest BCUT2D eigenvalue weighted by molar-refractivity contribution is 4.79. The van der Waals surface area contributed by atoms with E-state index in [9.17, 15) is 0 Å². The molecule has 0 rings (SSSR count). The third-order valence-electron chi connectivity index (χ3n) is 1.98. The van der Waals surface area contributed by atoms with Crippen LogP contribution in [0.2, 0.25) is 0 Å². The smallest absolute Gasteiger partial charge is 0.0657 e. The largest absolute Gasteiger partial charge is 0.392 e. The Morgan fingerprint density at radius 2 is 1.91 bits per heavy atom. The Hall–Kier alpha value is -0.120. The van der Waals surface area contributed by atoms with Gasteiger partial charge in [-0.05, 0) is 19.8 Å². The molecule has 3 heteroatoms. The SMILES string of the molecule is CC(O)CNC(C)(N)C(C)C. The second-order valence-corrected chi connectivity index (χ2v) is 3.67. The summed E-state index contributed by atoms with van der Waals surface area (Å²) in [6.07, 6.45) is -0.336. The van der Waals surface area contributed by atoms with Gasteiger partial charge in [0.15, 0.2) is 0 Å². The summed E-state index contributed by atoms with van der Waals surface area (Å²) in [6.45, 7) is 8.32. The zero-order chi connectivity index (χ0) is 9.07. The fourth-order valence-electron chi connectivity index (χ4n) is 0.572. The predicted molar refractivity (Wildman–Crippen MR) is 47.1 cm³/mol. The Bertz CT molecular complexity index is 111. The molecule has 0 aliphatic heterocycles. The Balaban J connectivity index is 3.73. The third-order valence-corrected chi connectivity index (χ3v) is 1.98. The lowest BCUT2D eigenvalue weighted by atomic mass is 9.99. The van der Waals surface area contributed by atoms with Gasteiger partial charge in [-0.3, -0.25) is 5.32 Å². The Morgan fingerprint density at radius 1 is 1.45 bits per heavy atom. The van der Waals surface area contributed by atoms with Crippen molar-refractivity contribution in [3.8, 4) is 0 Å². The minimum Gasteiger partial charge on any atom is -0.392 e. The Morgan fingerprint density at radius 3 is 2.18 bits per heavy atom. The Labute approximate surface area is 69.0 Å². The number of nitrogens with two attached hydrogens (primary N) is 1. The summed E-state index contributed by atoms with van der Waals surface area (Å²) >= 11 is 0. The number of nitrogens with one attached hydrogen (secondary N) is 1. The number of hydrogen-bond donors (Lipinski definition) is 3. The van der Waals surface area contributed by atoms with Gasteiger partial charge in [-0.25, -0.2) is 0 Å². The molecule has 0 aromatic rings. The van der Waals surface area contributed by atoms with Gasteiger partial charge in [0.25, 0.3) is 0 Å². The molecular weight excluding hydrogens is 140 g/mol. The number of aliphatic hydroxyl groups excluding tert-OH is 1. The van der Waals surface area contributed by atoms with Crippen molar-refractivity contribution in [2.75, 3.05) is 6.54 Å². The topological polar surface area (TPSA) is 58.3 Å². The van der Waals surface area contributed by atoms with Gasteiger partial charge in [-0.1, -0.05) is 13.8 Å². The molecule has 0 fully saturated rings. The van der Waals surface area contributed by atoms with Crippen molar-refractivity contribution in [3.63, 3.8) is 0 Å². The summed E-state index contributed by atoms with van der Waals surface area (Å²) in [6, 6.07) is 0. The first-order valence-electron chi connectivity index (χ1n) is 4.08. The molecule has 2 unspecified atom stereocenters. The van der Waals surface area contributed by atoms with Crippen LogP contribution in [0.3, 0.4) is 0 Å². The van der Waals surface area contributed by atoms with E-state index in [1.165, 1.54) is 0 Å². The zero-order valence-corrected chi connectivity index (χ0v) is 7.89. The first-order chi connectivity index (χ1) is 4.86. The molecule has 0 aliphatic carbocycles. The molecule has 0 spiro atoms. The van der Waals surface area contributed by atoms with Gasteiger partial charge < -0.3 is 10.8 Å². The van der Waals surface area contributed by atoms with Crippen molar-refractivity contribution in [1.82, 2.24) is 5.32 Å². The van der Waals surface area contributed by atoms with E-state index in [-0.39, 0.29) is 11.8 Å². The van der Waals surface area contributed by atoms with Gasteiger partial charge in [-0.2, -0.15) is 0 Å². The maximum Gasteiger partial charge on any atom is 0.0657 e. The maximum absolute atomic E-state index is 8.98. The van der Waals surface area contributed by atoms with Crippen molar-refractivity contribution in [1.29, 1.82) is 0 Å². The molecule has 0 aromatic carbocycles. The van der Waals surface area contributed by atoms with Crippen LogP contribution in [0.5, 0.6) is 0 Å². The highest BCUT2D eigenvalue weighted by atomic mass is 16.3. The molecule has 4 N–H and O–H groups in total. The number of aliphatic hydroxyl groups is 1. The fourth-order valence-corrected chi connectivity index (χ4v) is 0.572. The maximum atomic E-state index is 8.98. The van der Waals surface area contributed by atoms with E-state index in [1.807, 2.05) is 6.92 Å². The minimum atomic E-state index is -0.378. The van der Waals surface area contributed by atoms with E-state index in [0.29, 0.717) is 12.5 Å². The second-order valence-electron chi connectivity index (χ2n) is 3.67. The van der Waals surface area contributed by atoms with Crippen LogP contribution in [0.1, 0.15) is 27.7 Å². The molecule has 11 heavy (non-hydrogen) atoms. The summed E-state index contributed by atoms with van der Waals surface area (Å²) in [5, 5.41) is 12.1. The summed E-state index contributed by atoms with van der Waals surface area (Å²) in [5.74, 6) is 0.362. The molecule has 0 radical (unpaired) electrons. The van der Waals surface area contributed by atoms with E-state index in [2.05, 4.69) is 19.2 Å². The average molecular weight is 160 g/mol. The highest BCUT2D eigenvalue weighted by Gasteiger charge is 2.21. The standard InChI is InChI=1S/C8H20N2O/c1-6(2)8(4,9)10-5-7(3)11/h6-7,10-11H,5,9H2,1-4H3. The summed E-state index contributed by atoms with van der Waals surface area (Å²) in [7, 11) is 0. The van der Waals surface area contributed by atoms with Crippen LogP contribution in [-0.2, 0) is 0 Å². The van der Waals surface area contributed by atoms with Gasteiger partial charge >= 0.3 is 0 Å². The number of hydrogen-bond acceptors (Lipinski definition) is 3. The average Bonchev–Trinajstić information content (AvgIpc) is 1.84. The van der Waals surface area contributed by atoms with E-state index in [1.54, 1.807) is 6.92 Å². The molecule has 0 saturated carbocycles. The summed E-state index contributed by atoms with van der Waals surface area (Å²) < 4.78 is 0. The van der Waals surface area contributed by atoms with Crippen LogP contribution in [0.15, 0.2) is 0 Å². The highest BCUT2D eigenvalue weighted by Crippen LogP contribution is 2.08. The normalized spacial score (nSPS) is 19.9. The van der Waals surface area contributed by atoms with Gasteiger partial charge in [0, 0.05) is 6.54 Å². The molecule has 3 nitrogen and oxygen atoms in total. The molecule has 0 aromatic heterocycles. The first kappa shape index (κ1) is 10.9. The van der Waals surface area contributed by atoms with Crippen LogP contribution >= 0.6 is 0 Å². The van der Waals surface area contributed by atoms with Gasteiger partial charge in [0.05, 0.1) is 11.8 Å². The molecule has 68 valence electrons.